The molecule has 0 heterocycles. The first-order valence-corrected chi connectivity index (χ1v) is 3.63. The van der Waals surface area contributed by atoms with Gasteiger partial charge in [0, 0.05) is 11.6 Å². The third kappa shape index (κ3) is 2.04. The summed E-state index contributed by atoms with van der Waals surface area (Å²) in [6, 6.07) is 4.07. The third-order valence-electron chi connectivity index (χ3n) is 1.73. The largest absolute Gasteiger partial charge is 0.488 e. The van der Waals surface area contributed by atoms with Crippen molar-refractivity contribution in [1.82, 2.24) is 0 Å². The average molecular weight is 181 g/mol. The van der Waals surface area contributed by atoms with Gasteiger partial charge in [0.05, 0.1) is 4.92 Å². The molecule has 0 aliphatic rings. The Balaban J connectivity index is 3.19. The van der Waals surface area contributed by atoms with Crippen LogP contribution in [-0.4, -0.2) is 22.1 Å². The van der Waals surface area contributed by atoms with E-state index >= 15 is 0 Å². The molecule has 13 heavy (non-hydrogen) atoms. The summed E-state index contributed by atoms with van der Waals surface area (Å²) >= 11 is 0. The molecule has 1 rings (SSSR count). The molecular weight excluding hydrogens is 173 g/mol. The van der Waals surface area contributed by atoms with Crippen LogP contribution < -0.4 is 5.46 Å². The number of rotatable bonds is 2. The Hall–Kier alpha value is -1.40. The van der Waals surface area contributed by atoms with Crippen molar-refractivity contribution in [1.29, 1.82) is 0 Å². The number of aryl methyl sites for hydroxylation is 1. The zero-order valence-corrected chi connectivity index (χ0v) is 6.97. The number of nitro benzene ring substituents is 1. The fourth-order valence-electron chi connectivity index (χ4n) is 0.984. The van der Waals surface area contributed by atoms with E-state index in [9.17, 15) is 10.1 Å². The lowest BCUT2D eigenvalue weighted by molar-refractivity contribution is -0.385. The number of hydrogen-bond acceptors (Lipinski definition) is 4. The summed E-state index contributed by atoms with van der Waals surface area (Å²) in [5.41, 5.74) is 0.511. The standard InChI is InChI=1S/C7H8BNO4/c1-5-2-3-6(8(10)11)4-7(5)9(12)13/h2-4,10-11H,1H3. The Morgan fingerprint density at radius 1 is 1.46 bits per heavy atom. The second-order valence-corrected chi connectivity index (χ2v) is 2.68. The van der Waals surface area contributed by atoms with Crippen LogP contribution in [0.5, 0.6) is 0 Å². The Morgan fingerprint density at radius 2 is 2.08 bits per heavy atom. The van der Waals surface area contributed by atoms with Gasteiger partial charge in [0.25, 0.3) is 5.69 Å². The predicted molar refractivity (Wildman–Crippen MR) is 47.7 cm³/mol. The molecule has 1 aromatic carbocycles. The molecule has 0 saturated heterocycles. The van der Waals surface area contributed by atoms with Crippen molar-refractivity contribution in [2.24, 2.45) is 0 Å². The van der Waals surface area contributed by atoms with Gasteiger partial charge in [-0.1, -0.05) is 12.1 Å². The summed E-state index contributed by atoms with van der Waals surface area (Å²) in [7, 11) is -1.67. The van der Waals surface area contributed by atoms with E-state index in [4.69, 9.17) is 10.0 Å². The van der Waals surface area contributed by atoms with Crippen LogP contribution in [0.4, 0.5) is 5.69 Å². The van der Waals surface area contributed by atoms with E-state index in [0.29, 0.717) is 5.56 Å². The molecule has 0 unspecified atom stereocenters. The van der Waals surface area contributed by atoms with Gasteiger partial charge in [-0.05, 0) is 12.4 Å². The Labute approximate surface area is 74.9 Å². The molecule has 2 N–H and O–H groups in total. The normalized spacial score (nSPS) is 9.77. The highest BCUT2D eigenvalue weighted by Crippen LogP contribution is 2.14. The number of nitrogens with zero attached hydrogens (tertiary/aromatic N) is 1. The van der Waals surface area contributed by atoms with Crippen LogP contribution in [0.3, 0.4) is 0 Å². The van der Waals surface area contributed by atoms with Crippen molar-refractivity contribution in [3.05, 3.63) is 33.9 Å². The summed E-state index contributed by atoms with van der Waals surface area (Å²) in [6.45, 7) is 1.59. The molecule has 1 aromatic rings. The molecule has 68 valence electrons. The maximum Gasteiger partial charge on any atom is 0.488 e. The molecule has 0 aliphatic carbocycles. The fraction of sp³-hybridized carbons (Fsp3) is 0.143. The van der Waals surface area contributed by atoms with E-state index in [1.165, 1.54) is 12.1 Å². The summed E-state index contributed by atoms with van der Waals surface area (Å²) < 4.78 is 0. The van der Waals surface area contributed by atoms with Gasteiger partial charge in [-0.15, -0.1) is 0 Å². The predicted octanol–water partition coefficient (Wildman–Crippen LogP) is -0.417. The highest BCUT2D eigenvalue weighted by atomic mass is 16.6. The van der Waals surface area contributed by atoms with Crippen LogP contribution in [-0.2, 0) is 0 Å². The van der Waals surface area contributed by atoms with Crippen molar-refractivity contribution in [2.45, 2.75) is 6.92 Å². The lowest BCUT2D eigenvalue weighted by atomic mass is 9.80. The first-order valence-electron chi connectivity index (χ1n) is 3.63. The zero-order chi connectivity index (χ0) is 10.0. The van der Waals surface area contributed by atoms with E-state index in [0.717, 1.165) is 6.07 Å². The molecule has 0 bridgehead atoms. The minimum Gasteiger partial charge on any atom is -0.423 e. The van der Waals surface area contributed by atoms with Crippen molar-refractivity contribution < 1.29 is 15.0 Å². The summed E-state index contributed by atoms with van der Waals surface area (Å²) in [6.07, 6.45) is 0. The summed E-state index contributed by atoms with van der Waals surface area (Å²) in [5.74, 6) is 0. The lowest BCUT2D eigenvalue weighted by Crippen LogP contribution is -2.29. The minimum absolute atomic E-state index is 0.106. The summed E-state index contributed by atoms with van der Waals surface area (Å²) in [4.78, 5) is 9.88. The highest BCUT2D eigenvalue weighted by molar-refractivity contribution is 6.58. The maximum atomic E-state index is 10.4. The van der Waals surface area contributed by atoms with E-state index in [2.05, 4.69) is 0 Å². The Bertz CT molecular complexity index is 339. The van der Waals surface area contributed by atoms with E-state index in [1.54, 1.807) is 6.92 Å². The quantitative estimate of drug-likeness (QED) is 0.368. The third-order valence-corrected chi connectivity index (χ3v) is 1.73. The number of nitro groups is 1. The number of hydrogen-bond donors (Lipinski definition) is 2. The molecule has 0 amide bonds. The maximum absolute atomic E-state index is 10.4. The molecule has 0 spiro atoms. The fourth-order valence-corrected chi connectivity index (χ4v) is 0.984. The number of benzene rings is 1. The zero-order valence-electron chi connectivity index (χ0n) is 6.97. The van der Waals surface area contributed by atoms with Crippen molar-refractivity contribution in [2.75, 3.05) is 0 Å². The van der Waals surface area contributed by atoms with Gasteiger partial charge >= 0.3 is 7.12 Å². The molecule has 0 fully saturated rings. The monoisotopic (exact) mass is 181 g/mol. The van der Waals surface area contributed by atoms with Crippen LogP contribution in [0.2, 0.25) is 0 Å². The van der Waals surface area contributed by atoms with Crippen LogP contribution in [0.1, 0.15) is 5.56 Å². The first kappa shape index (κ1) is 9.69. The van der Waals surface area contributed by atoms with Crippen molar-refractivity contribution >= 4 is 18.3 Å². The first-order chi connectivity index (χ1) is 6.02. The van der Waals surface area contributed by atoms with Gasteiger partial charge in [-0.25, -0.2) is 0 Å². The van der Waals surface area contributed by atoms with Gasteiger partial charge in [0.1, 0.15) is 0 Å². The second-order valence-electron chi connectivity index (χ2n) is 2.68. The van der Waals surface area contributed by atoms with Crippen molar-refractivity contribution in [3.8, 4) is 0 Å². The van der Waals surface area contributed by atoms with Gasteiger partial charge in [0.15, 0.2) is 0 Å². The molecule has 0 aromatic heterocycles. The SMILES string of the molecule is Cc1ccc(B(O)O)cc1[N+](=O)[O-]. The van der Waals surface area contributed by atoms with Gasteiger partial charge < -0.3 is 10.0 Å². The van der Waals surface area contributed by atoms with Crippen LogP contribution in [0, 0.1) is 17.0 Å². The molecular formula is C7H8BNO4. The average Bonchev–Trinajstić information content (AvgIpc) is 2.04. The molecule has 0 saturated carbocycles. The second kappa shape index (κ2) is 3.55. The summed E-state index contributed by atoms with van der Waals surface area (Å²) in [5, 5.41) is 27.9. The Morgan fingerprint density at radius 3 is 2.54 bits per heavy atom. The van der Waals surface area contributed by atoms with Crippen LogP contribution in [0.15, 0.2) is 18.2 Å². The minimum atomic E-state index is -1.67. The van der Waals surface area contributed by atoms with Crippen LogP contribution >= 0.6 is 0 Å². The molecule has 0 aliphatic heterocycles. The smallest absolute Gasteiger partial charge is 0.423 e. The topological polar surface area (TPSA) is 83.6 Å². The molecule has 0 atom stereocenters. The Kier molecular flexibility index (Phi) is 2.65. The van der Waals surface area contributed by atoms with Crippen molar-refractivity contribution in [3.63, 3.8) is 0 Å². The molecule has 0 radical (unpaired) electrons. The van der Waals surface area contributed by atoms with E-state index in [1.807, 2.05) is 0 Å². The highest BCUT2D eigenvalue weighted by Gasteiger charge is 2.17. The lowest BCUT2D eigenvalue weighted by Gasteiger charge is -2.00. The van der Waals surface area contributed by atoms with Gasteiger partial charge in [-0.2, -0.15) is 0 Å². The van der Waals surface area contributed by atoms with E-state index < -0.39 is 12.0 Å². The van der Waals surface area contributed by atoms with Gasteiger partial charge in [0.2, 0.25) is 0 Å². The van der Waals surface area contributed by atoms with E-state index in [-0.39, 0.29) is 11.2 Å². The molecule has 6 heteroatoms. The van der Waals surface area contributed by atoms with Gasteiger partial charge in [-0.3, -0.25) is 10.1 Å². The molecule has 5 nitrogen and oxygen atoms in total. The van der Waals surface area contributed by atoms with Crippen LogP contribution in [0.25, 0.3) is 0 Å².